The number of hydrogen-bond acceptors (Lipinski definition) is 3. The van der Waals surface area contributed by atoms with Gasteiger partial charge in [0.15, 0.2) is 0 Å². The molecule has 0 saturated carbocycles. The van der Waals surface area contributed by atoms with Crippen LogP contribution >= 0.6 is 23.4 Å². The molecule has 2 nitrogen and oxygen atoms in total. The molecule has 4 heteroatoms. The largest absolute Gasteiger partial charge is 0.380 e. The van der Waals surface area contributed by atoms with E-state index in [4.69, 9.17) is 16.3 Å². The molecule has 0 aliphatic carbocycles. The van der Waals surface area contributed by atoms with Crippen LogP contribution in [0.2, 0.25) is 5.02 Å². The van der Waals surface area contributed by atoms with Crippen LogP contribution in [-0.4, -0.2) is 31.1 Å². The summed E-state index contributed by atoms with van der Waals surface area (Å²) in [6.45, 7) is 4.94. The van der Waals surface area contributed by atoms with Crippen LogP contribution < -0.4 is 5.32 Å². The van der Waals surface area contributed by atoms with Gasteiger partial charge in [-0.3, -0.25) is 0 Å². The van der Waals surface area contributed by atoms with E-state index in [2.05, 4.69) is 24.4 Å². The Morgan fingerprint density at radius 1 is 1.39 bits per heavy atom. The van der Waals surface area contributed by atoms with Crippen LogP contribution in [0.3, 0.4) is 0 Å². The highest BCUT2D eigenvalue weighted by Crippen LogP contribution is 2.25. The molecule has 2 unspecified atom stereocenters. The Hall–Kier alpha value is -0.220. The third kappa shape index (κ3) is 4.16. The molecule has 18 heavy (non-hydrogen) atoms. The number of rotatable bonds is 5. The summed E-state index contributed by atoms with van der Waals surface area (Å²) in [6.07, 6.45) is 1.12. The Bertz CT molecular complexity index is 355. The standard InChI is InChI=1S/C14H20ClNOS/c1-2-16-13-7-8-17-9-14(13)18-10-11-3-5-12(15)6-4-11/h3-6,13-14,16H,2,7-10H2,1H3. The van der Waals surface area contributed by atoms with Crippen LogP contribution in [0.1, 0.15) is 18.9 Å². The zero-order valence-electron chi connectivity index (χ0n) is 10.7. The Kier molecular flexibility index (Phi) is 5.83. The summed E-state index contributed by atoms with van der Waals surface area (Å²) in [5.41, 5.74) is 1.32. The van der Waals surface area contributed by atoms with Crippen molar-refractivity contribution in [1.29, 1.82) is 0 Å². The predicted octanol–water partition coefficient (Wildman–Crippen LogP) is 3.34. The molecule has 0 bridgehead atoms. The predicted molar refractivity (Wildman–Crippen MR) is 79.4 cm³/mol. The number of nitrogens with one attached hydrogen (secondary N) is 1. The first-order chi connectivity index (χ1) is 8.79. The van der Waals surface area contributed by atoms with E-state index in [1.807, 2.05) is 23.9 Å². The number of halogens is 1. The molecule has 1 aromatic carbocycles. The molecule has 1 N–H and O–H groups in total. The molecule has 2 atom stereocenters. The number of ether oxygens (including phenoxy) is 1. The lowest BCUT2D eigenvalue weighted by molar-refractivity contribution is 0.0837. The summed E-state index contributed by atoms with van der Waals surface area (Å²) < 4.78 is 5.58. The van der Waals surface area contributed by atoms with Crippen molar-refractivity contribution in [2.45, 2.75) is 30.4 Å². The van der Waals surface area contributed by atoms with E-state index in [0.29, 0.717) is 11.3 Å². The van der Waals surface area contributed by atoms with Gasteiger partial charge in [0.25, 0.3) is 0 Å². The first kappa shape index (κ1) is 14.2. The van der Waals surface area contributed by atoms with E-state index in [1.54, 1.807) is 0 Å². The molecule has 0 spiro atoms. The van der Waals surface area contributed by atoms with Gasteiger partial charge in [0, 0.05) is 28.7 Å². The second-order valence-electron chi connectivity index (χ2n) is 4.50. The lowest BCUT2D eigenvalue weighted by Crippen LogP contribution is -2.44. The maximum atomic E-state index is 5.89. The molecule has 1 aliphatic rings. The van der Waals surface area contributed by atoms with Crippen molar-refractivity contribution in [3.63, 3.8) is 0 Å². The highest BCUT2D eigenvalue weighted by Gasteiger charge is 2.25. The molecule has 0 aromatic heterocycles. The van der Waals surface area contributed by atoms with Crippen LogP contribution in [0.15, 0.2) is 24.3 Å². The van der Waals surface area contributed by atoms with Crippen molar-refractivity contribution in [1.82, 2.24) is 5.32 Å². The van der Waals surface area contributed by atoms with E-state index in [9.17, 15) is 0 Å². The fraction of sp³-hybridized carbons (Fsp3) is 0.571. The SMILES string of the molecule is CCNC1CCOCC1SCc1ccc(Cl)cc1. The summed E-state index contributed by atoms with van der Waals surface area (Å²) in [5, 5.41) is 4.91. The highest BCUT2D eigenvalue weighted by molar-refractivity contribution is 7.99. The molecular weight excluding hydrogens is 266 g/mol. The minimum Gasteiger partial charge on any atom is -0.380 e. The molecular formula is C14H20ClNOS. The van der Waals surface area contributed by atoms with Gasteiger partial charge in [0.05, 0.1) is 6.61 Å². The second kappa shape index (κ2) is 7.39. The van der Waals surface area contributed by atoms with Crippen LogP contribution in [0.5, 0.6) is 0 Å². The van der Waals surface area contributed by atoms with Gasteiger partial charge in [-0.1, -0.05) is 30.7 Å². The van der Waals surface area contributed by atoms with E-state index in [0.717, 1.165) is 37.0 Å². The van der Waals surface area contributed by atoms with Gasteiger partial charge in [0.2, 0.25) is 0 Å². The molecule has 0 amide bonds. The van der Waals surface area contributed by atoms with Gasteiger partial charge >= 0.3 is 0 Å². The average Bonchev–Trinajstić information content (AvgIpc) is 2.40. The average molecular weight is 286 g/mol. The number of hydrogen-bond donors (Lipinski definition) is 1. The minimum absolute atomic E-state index is 0.550. The first-order valence-electron chi connectivity index (χ1n) is 6.46. The van der Waals surface area contributed by atoms with Gasteiger partial charge in [-0.15, -0.1) is 11.8 Å². The number of thioether (sulfide) groups is 1. The molecule has 0 radical (unpaired) electrons. The molecule has 1 aliphatic heterocycles. The minimum atomic E-state index is 0.550. The second-order valence-corrected chi connectivity index (χ2v) is 6.17. The normalized spacial score (nSPS) is 24.1. The zero-order chi connectivity index (χ0) is 12.8. The smallest absolute Gasteiger partial charge is 0.0600 e. The van der Waals surface area contributed by atoms with E-state index >= 15 is 0 Å². The van der Waals surface area contributed by atoms with Crippen LogP contribution in [0.25, 0.3) is 0 Å². The van der Waals surface area contributed by atoms with Crippen molar-refractivity contribution < 1.29 is 4.74 Å². The number of benzene rings is 1. The fourth-order valence-electron chi connectivity index (χ4n) is 2.16. The third-order valence-electron chi connectivity index (χ3n) is 3.15. The molecule has 1 heterocycles. The maximum absolute atomic E-state index is 5.89. The van der Waals surface area contributed by atoms with Crippen LogP contribution in [0.4, 0.5) is 0 Å². The van der Waals surface area contributed by atoms with Gasteiger partial charge < -0.3 is 10.1 Å². The van der Waals surface area contributed by atoms with Crippen LogP contribution in [-0.2, 0) is 10.5 Å². The highest BCUT2D eigenvalue weighted by atomic mass is 35.5. The van der Waals surface area contributed by atoms with Crippen molar-refractivity contribution in [3.8, 4) is 0 Å². The molecule has 1 saturated heterocycles. The summed E-state index contributed by atoms with van der Waals surface area (Å²) in [6, 6.07) is 8.69. The topological polar surface area (TPSA) is 21.3 Å². The summed E-state index contributed by atoms with van der Waals surface area (Å²) in [5.74, 6) is 1.02. The Labute approximate surface area is 118 Å². The lowest BCUT2D eigenvalue weighted by atomic mass is 10.1. The van der Waals surface area contributed by atoms with E-state index < -0.39 is 0 Å². The van der Waals surface area contributed by atoms with Crippen molar-refractivity contribution in [3.05, 3.63) is 34.9 Å². The zero-order valence-corrected chi connectivity index (χ0v) is 12.3. The van der Waals surface area contributed by atoms with Crippen molar-refractivity contribution >= 4 is 23.4 Å². The summed E-state index contributed by atoms with van der Waals surface area (Å²) >= 11 is 7.86. The molecule has 1 aromatic rings. The third-order valence-corrected chi connectivity index (χ3v) is 4.79. The monoisotopic (exact) mass is 285 g/mol. The van der Waals surface area contributed by atoms with Gasteiger partial charge in [0.1, 0.15) is 0 Å². The lowest BCUT2D eigenvalue weighted by Gasteiger charge is -2.31. The van der Waals surface area contributed by atoms with Gasteiger partial charge in [-0.05, 0) is 30.7 Å². The van der Waals surface area contributed by atoms with Crippen LogP contribution in [0, 0.1) is 0 Å². The summed E-state index contributed by atoms with van der Waals surface area (Å²) in [7, 11) is 0. The first-order valence-corrected chi connectivity index (χ1v) is 7.89. The van der Waals surface area contributed by atoms with Crippen molar-refractivity contribution in [2.75, 3.05) is 19.8 Å². The fourth-order valence-corrected chi connectivity index (χ4v) is 3.54. The molecule has 1 fully saturated rings. The Morgan fingerprint density at radius 2 is 2.17 bits per heavy atom. The van der Waals surface area contributed by atoms with Gasteiger partial charge in [-0.2, -0.15) is 0 Å². The van der Waals surface area contributed by atoms with Crippen molar-refractivity contribution in [2.24, 2.45) is 0 Å². The summed E-state index contributed by atoms with van der Waals surface area (Å²) in [4.78, 5) is 0. The molecule has 100 valence electrons. The Morgan fingerprint density at radius 3 is 2.89 bits per heavy atom. The van der Waals surface area contributed by atoms with E-state index in [1.165, 1.54) is 5.56 Å². The van der Waals surface area contributed by atoms with E-state index in [-0.39, 0.29) is 0 Å². The quantitative estimate of drug-likeness (QED) is 0.897. The maximum Gasteiger partial charge on any atom is 0.0600 e. The van der Waals surface area contributed by atoms with Gasteiger partial charge in [-0.25, -0.2) is 0 Å². The molecule has 2 rings (SSSR count). The Balaban J connectivity index is 1.85.